The fourth-order valence-corrected chi connectivity index (χ4v) is 2.83. The van der Waals surface area contributed by atoms with Gasteiger partial charge in [-0.25, -0.2) is 0 Å². The van der Waals surface area contributed by atoms with Gasteiger partial charge in [-0.3, -0.25) is 9.59 Å². The summed E-state index contributed by atoms with van der Waals surface area (Å²) in [6.45, 7) is 0. The number of benzene rings is 1. The first kappa shape index (κ1) is 13.6. The summed E-state index contributed by atoms with van der Waals surface area (Å²) in [6, 6.07) is 9.25. The number of hydrogen-bond acceptors (Lipinski definition) is 6. The van der Waals surface area contributed by atoms with Gasteiger partial charge in [-0.15, -0.1) is 0 Å². The lowest BCUT2D eigenvalue weighted by Gasteiger charge is -2.16. The van der Waals surface area contributed by atoms with Gasteiger partial charge in [0.1, 0.15) is 17.5 Å². The van der Waals surface area contributed by atoms with Crippen molar-refractivity contribution < 1.29 is 23.9 Å². The molecule has 0 unspecified atom stereocenters. The average Bonchev–Trinajstić information content (AvgIpc) is 3.12. The van der Waals surface area contributed by atoms with Crippen LogP contribution < -0.4 is 0 Å². The molecule has 0 bridgehead atoms. The van der Waals surface area contributed by atoms with Gasteiger partial charge in [-0.2, -0.15) is 0 Å². The maximum atomic E-state index is 12.2. The number of ether oxygens (including phenoxy) is 2. The molecule has 0 saturated heterocycles. The SMILES string of the molecule is COC(=O)[C@@H]1C(c2ccccc2)=NO[C@@]12C[C@H]2C(=O)OC. The van der Waals surface area contributed by atoms with Gasteiger partial charge in [-0.1, -0.05) is 35.5 Å². The van der Waals surface area contributed by atoms with Crippen LogP contribution in [0.1, 0.15) is 12.0 Å². The second-order valence-corrected chi connectivity index (χ2v) is 5.12. The van der Waals surface area contributed by atoms with Gasteiger partial charge in [0.25, 0.3) is 0 Å². The Morgan fingerprint density at radius 3 is 2.48 bits per heavy atom. The van der Waals surface area contributed by atoms with Crippen molar-refractivity contribution in [1.82, 2.24) is 0 Å². The monoisotopic (exact) mass is 289 g/mol. The van der Waals surface area contributed by atoms with Crippen molar-refractivity contribution in [3.8, 4) is 0 Å². The summed E-state index contributed by atoms with van der Waals surface area (Å²) in [7, 11) is 2.63. The molecule has 1 aliphatic carbocycles. The zero-order chi connectivity index (χ0) is 15.0. The fourth-order valence-electron chi connectivity index (χ4n) is 2.83. The summed E-state index contributed by atoms with van der Waals surface area (Å²) in [5, 5.41) is 4.05. The molecule has 1 aromatic rings. The van der Waals surface area contributed by atoms with E-state index in [-0.39, 0.29) is 0 Å². The van der Waals surface area contributed by atoms with E-state index in [1.54, 1.807) is 0 Å². The van der Waals surface area contributed by atoms with Gasteiger partial charge in [0.2, 0.25) is 0 Å². The first-order valence-electron chi connectivity index (χ1n) is 6.61. The van der Waals surface area contributed by atoms with E-state index in [4.69, 9.17) is 14.3 Å². The molecule has 1 heterocycles. The van der Waals surface area contributed by atoms with E-state index in [0.29, 0.717) is 12.1 Å². The normalized spacial score (nSPS) is 29.5. The Hall–Kier alpha value is -2.37. The molecule has 3 rings (SSSR count). The van der Waals surface area contributed by atoms with Crippen LogP contribution in [0, 0.1) is 11.8 Å². The number of methoxy groups -OCH3 is 2. The van der Waals surface area contributed by atoms with Gasteiger partial charge in [0.05, 0.1) is 14.2 Å². The number of hydrogen-bond donors (Lipinski definition) is 0. The minimum atomic E-state index is -0.953. The first-order chi connectivity index (χ1) is 10.1. The van der Waals surface area contributed by atoms with Crippen molar-refractivity contribution in [2.24, 2.45) is 17.0 Å². The van der Waals surface area contributed by atoms with E-state index in [1.807, 2.05) is 30.3 Å². The van der Waals surface area contributed by atoms with Crippen LogP contribution in [0.4, 0.5) is 0 Å². The molecule has 6 heteroatoms. The van der Waals surface area contributed by atoms with Crippen molar-refractivity contribution in [2.75, 3.05) is 14.2 Å². The average molecular weight is 289 g/mol. The molecule has 0 radical (unpaired) electrons. The van der Waals surface area contributed by atoms with E-state index in [0.717, 1.165) is 5.56 Å². The fraction of sp³-hybridized carbons (Fsp3) is 0.400. The third-order valence-electron chi connectivity index (χ3n) is 4.02. The minimum absolute atomic E-state index is 0.395. The van der Waals surface area contributed by atoms with Crippen LogP contribution in [-0.2, 0) is 23.9 Å². The summed E-state index contributed by atoms with van der Waals surface area (Å²) in [6.07, 6.45) is 0.402. The Kier molecular flexibility index (Phi) is 3.16. The molecule has 1 saturated carbocycles. The van der Waals surface area contributed by atoms with Crippen molar-refractivity contribution in [2.45, 2.75) is 12.0 Å². The lowest BCUT2D eigenvalue weighted by molar-refractivity contribution is -0.150. The molecular weight excluding hydrogens is 274 g/mol. The molecule has 1 spiro atoms. The van der Waals surface area contributed by atoms with E-state index in [2.05, 4.69) is 5.16 Å². The number of oxime groups is 1. The van der Waals surface area contributed by atoms with Crippen LogP contribution in [-0.4, -0.2) is 37.5 Å². The third-order valence-corrected chi connectivity index (χ3v) is 4.02. The van der Waals surface area contributed by atoms with Crippen molar-refractivity contribution in [1.29, 1.82) is 0 Å². The molecule has 3 atom stereocenters. The topological polar surface area (TPSA) is 74.2 Å². The standard InChI is InChI=1S/C15H15NO5/c1-19-13(17)10-8-15(10)11(14(18)20-2)12(16-21-15)9-6-4-3-5-7-9/h3-7,10-11H,8H2,1-2H3/t10-,11-,15+/m0/s1. The second-order valence-electron chi connectivity index (χ2n) is 5.12. The largest absolute Gasteiger partial charge is 0.469 e. The maximum absolute atomic E-state index is 12.2. The highest BCUT2D eigenvalue weighted by atomic mass is 16.7. The molecule has 6 nitrogen and oxygen atoms in total. The van der Waals surface area contributed by atoms with E-state index in [1.165, 1.54) is 14.2 Å². The number of carbonyl (C=O) groups excluding carboxylic acids is 2. The minimum Gasteiger partial charge on any atom is -0.469 e. The van der Waals surface area contributed by atoms with Gasteiger partial charge in [0, 0.05) is 12.0 Å². The predicted molar refractivity (Wildman–Crippen MR) is 72.4 cm³/mol. The molecule has 2 aliphatic rings. The number of esters is 2. The Labute approximate surface area is 121 Å². The summed E-state index contributed by atoms with van der Waals surface area (Å²) in [4.78, 5) is 29.4. The lowest BCUT2D eigenvalue weighted by atomic mass is 9.89. The van der Waals surface area contributed by atoms with Crippen LogP contribution >= 0.6 is 0 Å². The van der Waals surface area contributed by atoms with Gasteiger partial charge >= 0.3 is 11.9 Å². The number of carbonyl (C=O) groups is 2. The summed E-state index contributed by atoms with van der Waals surface area (Å²) >= 11 is 0. The molecule has 1 aromatic carbocycles. The maximum Gasteiger partial charge on any atom is 0.319 e. The second kappa shape index (κ2) is 4.87. The molecule has 110 valence electrons. The summed E-state index contributed by atoms with van der Waals surface area (Å²) < 4.78 is 9.61. The van der Waals surface area contributed by atoms with E-state index >= 15 is 0 Å². The highest BCUT2D eigenvalue weighted by Crippen LogP contribution is 2.57. The molecule has 1 fully saturated rings. The first-order valence-corrected chi connectivity index (χ1v) is 6.61. The Morgan fingerprint density at radius 2 is 1.86 bits per heavy atom. The van der Waals surface area contributed by atoms with Crippen LogP contribution in [0.2, 0.25) is 0 Å². The third kappa shape index (κ3) is 1.98. The Balaban J connectivity index is 1.94. The van der Waals surface area contributed by atoms with Crippen LogP contribution in [0.5, 0.6) is 0 Å². The van der Waals surface area contributed by atoms with Gasteiger partial charge in [0.15, 0.2) is 5.60 Å². The van der Waals surface area contributed by atoms with Crippen LogP contribution in [0.15, 0.2) is 35.5 Å². The van der Waals surface area contributed by atoms with Gasteiger partial charge in [-0.05, 0) is 0 Å². The smallest absolute Gasteiger partial charge is 0.319 e. The quantitative estimate of drug-likeness (QED) is 0.780. The number of nitrogens with zero attached hydrogens (tertiary/aromatic N) is 1. The van der Waals surface area contributed by atoms with Crippen molar-refractivity contribution in [3.63, 3.8) is 0 Å². The number of rotatable bonds is 3. The van der Waals surface area contributed by atoms with Crippen LogP contribution in [0.3, 0.4) is 0 Å². The van der Waals surface area contributed by atoms with E-state index < -0.39 is 29.4 Å². The molecule has 0 amide bonds. The van der Waals surface area contributed by atoms with Crippen molar-refractivity contribution >= 4 is 17.7 Å². The summed E-state index contributed by atoms with van der Waals surface area (Å²) in [5.41, 5.74) is 0.319. The highest BCUT2D eigenvalue weighted by molar-refractivity contribution is 6.14. The lowest BCUT2D eigenvalue weighted by Crippen LogP contribution is -2.37. The predicted octanol–water partition coefficient (Wildman–Crippen LogP) is 1.14. The highest BCUT2D eigenvalue weighted by Gasteiger charge is 2.73. The van der Waals surface area contributed by atoms with Crippen molar-refractivity contribution in [3.05, 3.63) is 35.9 Å². The van der Waals surface area contributed by atoms with Crippen LogP contribution in [0.25, 0.3) is 0 Å². The molecule has 1 aliphatic heterocycles. The Bertz CT molecular complexity index is 612. The molecule has 0 N–H and O–H groups in total. The zero-order valence-corrected chi connectivity index (χ0v) is 11.7. The summed E-state index contributed by atoms with van der Waals surface area (Å²) in [5.74, 6) is -2.06. The van der Waals surface area contributed by atoms with E-state index in [9.17, 15) is 9.59 Å². The molecule has 0 aromatic heterocycles. The van der Waals surface area contributed by atoms with Gasteiger partial charge < -0.3 is 14.3 Å². The Morgan fingerprint density at radius 1 is 1.19 bits per heavy atom. The molecule has 21 heavy (non-hydrogen) atoms. The molecular formula is C15H15NO5. The zero-order valence-electron chi connectivity index (χ0n) is 11.7.